The van der Waals surface area contributed by atoms with Crippen LogP contribution in [-0.4, -0.2) is 5.11 Å². The van der Waals surface area contributed by atoms with Gasteiger partial charge in [0.2, 0.25) is 0 Å². The van der Waals surface area contributed by atoms with E-state index in [9.17, 15) is 5.11 Å². The lowest BCUT2D eigenvalue weighted by atomic mass is 10.0. The van der Waals surface area contributed by atoms with Gasteiger partial charge in [-0.2, -0.15) is 0 Å². The fourth-order valence-corrected chi connectivity index (χ4v) is 1.26. The van der Waals surface area contributed by atoms with Crippen LogP contribution < -0.4 is 0 Å². The zero-order valence-electron chi connectivity index (χ0n) is 7.51. The average Bonchev–Trinajstić information content (AvgIpc) is 2.04. The van der Waals surface area contributed by atoms with E-state index in [-0.39, 0.29) is 0 Å². The van der Waals surface area contributed by atoms with Crippen molar-refractivity contribution in [3.05, 3.63) is 36.2 Å². The van der Waals surface area contributed by atoms with Crippen LogP contribution in [0, 0.1) is 6.92 Å². The van der Waals surface area contributed by atoms with Crippen molar-refractivity contribution in [2.24, 2.45) is 0 Å². The van der Waals surface area contributed by atoms with Gasteiger partial charge in [0.25, 0.3) is 0 Å². The van der Waals surface area contributed by atoms with Gasteiger partial charge in [0.1, 0.15) is 5.75 Å². The van der Waals surface area contributed by atoms with Crippen LogP contribution in [-0.2, 0) is 6.42 Å². The lowest BCUT2D eigenvalue weighted by Gasteiger charge is -2.06. The van der Waals surface area contributed by atoms with E-state index in [4.69, 9.17) is 0 Å². The van der Waals surface area contributed by atoms with E-state index in [0.29, 0.717) is 5.75 Å². The molecule has 0 atom stereocenters. The van der Waals surface area contributed by atoms with E-state index in [1.807, 2.05) is 12.1 Å². The summed E-state index contributed by atoms with van der Waals surface area (Å²) in [5.74, 6) is 0.385. The molecule has 0 spiro atoms. The van der Waals surface area contributed by atoms with Crippen LogP contribution in [0.4, 0.5) is 0 Å². The Labute approximate surface area is 74.1 Å². The molecule has 0 aliphatic rings. The summed E-state index contributed by atoms with van der Waals surface area (Å²) in [6, 6.07) is 5.48. The number of hydrogen-bond donors (Lipinski definition) is 1. The zero-order valence-corrected chi connectivity index (χ0v) is 7.51. The molecule has 0 aliphatic heterocycles. The molecular weight excluding hydrogens is 148 g/mol. The van der Waals surface area contributed by atoms with E-state index in [2.05, 4.69) is 13.8 Å². The Morgan fingerprint density at radius 1 is 1.42 bits per heavy atom. The molecule has 0 aromatic heterocycles. The van der Waals surface area contributed by atoms with E-state index in [1.165, 1.54) is 0 Å². The van der Waals surface area contributed by atoms with Crippen molar-refractivity contribution in [2.75, 3.05) is 0 Å². The van der Waals surface area contributed by atoms with Gasteiger partial charge in [-0.05, 0) is 37.0 Å². The Morgan fingerprint density at radius 3 is 2.75 bits per heavy atom. The molecule has 0 fully saturated rings. The molecule has 1 aromatic carbocycles. The first-order chi connectivity index (χ1) is 5.75. The molecule has 0 saturated heterocycles. The van der Waals surface area contributed by atoms with Crippen LogP contribution in [0.2, 0.25) is 0 Å². The van der Waals surface area contributed by atoms with Gasteiger partial charge in [-0.1, -0.05) is 25.5 Å². The molecule has 1 aromatic rings. The molecule has 1 heteroatoms. The zero-order chi connectivity index (χ0) is 8.97. The van der Waals surface area contributed by atoms with Gasteiger partial charge in [-0.15, -0.1) is 0 Å². The maximum atomic E-state index is 9.48. The first-order valence-corrected chi connectivity index (χ1v) is 4.38. The van der Waals surface area contributed by atoms with Crippen LogP contribution in [0.1, 0.15) is 30.9 Å². The van der Waals surface area contributed by atoms with Crippen molar-refractivity contribution in [2.45, 2.75) is 26.2 Å². The summed E-state index contributed by atoms with van der Waals surface area (Å²) in [7, 11) is 0. The summed E-state index contributed by atoms with van der Waals surface area (Å²) >= 11 is 0. The van der Waals surface area contributed by atoms with E-state index < -0.39 is 0 Å². The number of phenolic OH excluding ortho intramolecular Hbond substituents is 1. The summed E-state index contributed by atoms with van der Waals surface area (Å²) in [5, 5.41) is 9.48. The number of rotatable bonds is 3. The lowest BCUT2D eigenvalue weighted by molar-refractivity contribution is 0.466. The normalized spacial score (nSPS) is 10.2. The lowest BCUT2D eigenvalue weighted by Crippen LogP contribution is -1.89. The number of benzene rings is 1. The minimum absolute atomic E-state index is 0.385. The largest absolute Gasteiger partial charge is 0.508 e. The summed E-state index contributed by atoms with van der Waals surface area (Å²) in [6.07, 6.45) is 3.19. The predicted molar refractivity (Wildman–Crippen MR) is 51.2 cm³/mol. The Kier molecular flexibility index (Phi) is 3.15. The Hall–Kier alpha value is -0.980. The molecule has 65 valence electrons. The maximum Gasteiger partial charge on any atom is 0.119 e. The minimum Gasteiger partial charge on any atom is -0.508 e. The van der Waals surface area contributed by atoms with Crippen LogP contribution in [0.15, 0.2) is 18.2 Å². The summed E-state index contributed by atoms with van der Waals surface area (Å²) in [5.41, 5.74) is 1.95. The standard InChI is InChI=1S/C11H15O/c1-3-4-7-10-9(2)6-5-8-11(10)12/h5-6,8,12H,2-4,7H2,1H3. The van der Waals surface area contributed by atoms with Crippen LogP contribution in [0.5, 0.6) is 5.75 Å². The van der Waals surface area contributed by atoms with E-state index >= 15 is 0 Å². The molecule has 0 amide bonds. The Balaban J connectivity index is 2.81. The van der Waals surface area contributed by atoms with E-state index in [0.717, 1.165) is 30.4 Å². The van der Waals surface area contributed by atoms with Crippen LogP contribution in [0.3, 0.4) is 0 Å². The van der Waals surface area contributed by atoms with Gasteiger partial charge >= 0.3 is 0 Å². The molecule has 0 heterocycles. The molecule has 1 nitrogen and oxygen atoms in total. The predicted octanol–water partition coefficient (Wildman–Crippen LogP) is 2.92. The molecule has 1 N–H and O–H groups in total. The Morgan fingerprint density at radius 2 is 2.17 bits per heavy atom. The molecule has 0 aliphatic carbocycles. The number of hydrogen-bond acceptors (Lipinski definition) is 1. The minimum atomic E-state index is 0.385. The second kappa shape index (κ2) is 4.15. The molecule has 12 heavy (non-hydrogen) atoms. The maximum absolute atomic E-state index is 9.48. The molecule has 0 unspecified atom stereocenters. The van der Waals surface area contributed by atoms with Gasteiger partial charge in [-0.3, -0.25) is 0 Å². The van der Waals surface area contributed by atoms with Crippen molar-refractivity contribution in [1.82, 2.24) is 0 Å². The number of aromatic hydroxyl groups is 1. The third-order valence-electron chi connectivity index (χ3n) is 2.03. The number of phenols is 1. The van der Waals surface area contributed by atoms with Crippen LogP contribution in [0.25, 0.3) is 0 Å². The smallest absolute Gasteiger partial charge is 0.119 e. The van der Waals surface area contributed by atoms with Gasteiger partial charge in [-0.25, -0.2) is 0 Å². The Bertz CT molecular complexity index is 233. The molecule has 1 radical (unpaired) electrons. The van der Waals surface area contributed by atoms with Gasteiger partial charge in [0, 0.05) is 0 Å². The third kappa shape index (κ3) is 2.00. The quantitative estimate of drug-likeness (QED) is 0.726. The fourth-order valence-electron chi connectivity index (χ4n) is 1.26. The molecular formula is C11H15O. The highest BCUT2D eigenvalue weighted by Crippen LogP contribution is 2.21. The van der Waals surface area contributed by atoms with Gasteiger partial charge < -0.3 is 5.11 Å². The first-order valence-electron chi connectivity index (χ1n) is 4.38. The van der Waals surface area contributed by atoms with Gasteiger partial charge in [0.05, 0.1) is 0 Å². The topological polar surface area (TPSA) is 20.2 Å². The summed E-state index contributed by atoms with van der Waals surface area (Å²) < 4.78 is 0. The highest BCUT2D eigenvalue weighted by Gasteiger charge is 2.02. The molecule has 0 saturated carbocycles. The fraction of sp³-hybridized carbons (Fsp3) is 0.364. The summed E-state index contributed by atoms with van der Waals surface area (Å²) in [6.45, 7) is 6.02. The SMILES string of the molecule is [CH2]c1cccc(O)c1CCCC. The monoisotopic (exact) mass is 163 g/mol. The number of unbranched alkanes of at least 4 members (excludes halogenated alkanes) is 1. The van der Waals surface area contributed by atoms with Crippen molar-refractivity contribution in [3.8, 4) is 5.75 Å². The molecule has 0 bridgehead atoms. The second-order valence-electron chi connectivity index (χ2n) is 3.02. The van der Waals surface area contributed by atoms with Crippen molar-refractivity contribution >= 4 is 0 Å². The van der Waals surface area contributed by atoms with Crippen molar-refractivity contribution in [1.29, 1.82) is 0 Å². The van der Waals surface area contributed by atoms with Crippen LogP contribution >= 0.6 is 0 Å². The van der Waals surface area contributed by atoms with E-state index in [1.54, 1.807) is 6.07 Å². The first kappa shape index (κ1) is 9.11. The van der Waals surface area contributed by atoms with Gasteiger partial charge in [0.15, 0.2) is 0 Å². The summed E-state index contributed by atoms with van der Waals surface area (Å²) in [4.78, 5) is 0. The highest BCUT2D eigenvalue weighted by atomic mass is 16.3. The third-order valence-corrected chi connectivity index (χ3v) is 2.03. The molecule has 1 rings (SSSR count). The van der Waals surface area contributed by atoms with Crippen molar-refractivity contribution in [3.63, 3.8) is 0 Å². The second-order valence-corrected chi connectivity index (χ2v) is 3.02. The van der Waals surface area contributed by atoms with Crippen molar-refractivity contribution < 1.29 is 5.11 Å². The highest BCUT2D eigenvalue weighted by molar-refractivity contribution is 5.40. The average molecular weight is 163 g/mol.